The molecule has 112 valence electrons. The molecule has 0 bridgehead atoms. The molecule has 1 unspecified atom stereocenters. The molecular formula is C15H21N5O. The van der Waals surface area contributed by atoms with Crippen LogP contribution in [0.5, 0.6) is 0 Å². The van der Waals surface area contributed by atoms with Crippen molar-refractivity contribution in [1.82, 2.24) is 24.8 Å². The summed E-state index contributed by atoms with van der Waals surface area (Å²) < 4.78 is 0. The summed E-state index contributed by atoms with van der Waals surface area (Å²) in [6.07, 6.45) is 5.97. The maximum absolute atomic E-state index is 12.9. The molecule has 0 aromatic carbocycles. The third-order valence-electron chi connectivity index (χ3n) is 4.30. The van der Waals surface area contributed by atoms with Gasteiger partial charge in [-0.2, -0.15) is 0 Å². The van der Waals surface area contributed by atoms with Crippen molar-refractivity contribution >= 4 is 16.9 Å². The predicted octanol–water partition coefficient (Wildman–Crippen LogP) is 1.51. The van der Waals surface area contributed by atoms with Gasteiger partial charge in [-0.25, -0.2) is 4.98 Å². The first-order chi connectivity index (χ1) is 10.2. The lowest BCUT2D eigenvalue weighted by Crippen LogP contribution is -2.42. The summed E-state index contributed by atoms with van der Waals surface area (Å²) in [5, 5.41) is 0. The number of carbonyl (C=O) groups is 1. The number of hydrogen-bond acceptors (Lipinski definition) is 4. The van der Waals surface area contributed by atoms with Crippen molar-refractivity contribution in [1.29, 1.82) is 0 Å². The van der Waals surface area contributed by atoms with Crippen LogP contribution in [0.1, 0.15) is 30.6 Å². The van der Waals surface area contributed by atoms with E-state index in [1.54, 1.807) is 18.7 Å². The molecule has 6 heteroatoms. The van der Waals surface area contributed by atoms with Gasteiger partial charge in [-0.15, -0.1) is 0 Å². The van der Waals surface area contributed by atoms with Gasteiger partial charge in [0, 0.05) is 31.9 Å². The van der Waals surface area contributed by atoms with Crippen LogP contribution in [0.4, 0.5) is 0 Å². The molecule has 3 rings (SSSR count). The van der Waals surface area contributed by atoms with E-state index in [1.807, 2.05) is 11.8 Å². The highest BCUT2D eigenvalue weighted by Gasteiger charge is 2.30. The van der Waals surface area contributed by atoms with Crippen LogP contribution in [0.2, 0.25) is 0 Å². The van der Waals surface area contributed by atoms with Gasteiger partial charge in [-0.05, 0) is 19.9 Å². The normalized spacial score (nSPS) is 19.2. The fourth-order valence-electron chi connectivity index (χ4n) is 3.10. The van der Waals surface area contributed by atoms with Gasteiger partial charge in [0.2, 0.25) is 0 Å². The van der Waals surface area contributed by atoms with E-state index < -0.39 is 0 Å². The van der Waals surface area contributed by atoms with E-state index in [0.29, 0.717) is 17.6 Å². The summed E-state index contributed by atoms with van der Waals surface area (Å²) in [5.74, 6) is 0.0330. The number of likely N-dealkylation sites (tertiary alicyclic amines) is 1. The average molecular weight is 287 g/mol. The Morgan fingerprint density at radius 3 is 3.05 bits per heavy atom. The number of pyridine rings is 1. The minimum absolute atomic E-state index is 0.0330. The van der Waals surface area contributed by atoms with Gasteiger partial charge < -0.3 is 14.8 Å². The van der Waals surface area contributed by atoms with Crippen molar-refractivity contribution in [2.75, 3.05) is 26.2 Å². The largest absolute Gasteiger partial charge is 0.343 e. The van der Waals surface area contributed by atoms with Crippen LogP contribution in [0.15, 0.2) is 18.7 Å². The van der Waals surface area contributed by atoms with E-state index >= 15 is 0 Å². The second-order valence-corrected chi connectivity index (χ2v) is 5.41. The maximum atomic E-state index is 12.9. The second-order valence-electron chi connectivity index (χ2n) is 5.41. The third-order valence-corrected chi connectivity index (χ3v) is 4.30. The quantitative estimate of drug-likeness (QED) is 0.926. The number of fused-ring (bicyclic) bond motifs is 1. The number of hydrogen-bond donors (Lipinski definition) is 1. The Morgan fingerprint density at radius 2 is 2.33 bits per heavy atom. The molecule has 1 saturated heterocycles. The predicted molar refractivity (Wildman–Crippen MR) is 81.1 cm³/mol. The summed E-state index contributed by atoms with van der Waals surface area (Å²) >= 11 is 0. The summed E-state index contributed by atoms with van der Waals surface area (Å²) in [6.45, 7) is 7.97. The topological polar surface area (TPSA) is 65.1 Å². The number of imidazole rings is 1. The standard InChI is InChI=1S/C15H21N5O/c1-3-19-6-5-11(9-19)20(4-2)15(21)12-7-16-8-13-14(12)18-10-17-13/h7-8,10-11H,3-6,9H2,1-2H3,(H,17,18). The van der Waals surface area contributed by atoms with Crippen LogP contribution in [0.25, 0.3) is 11.0 Å². The number of carbonyl (C=O) groups excluding carboxylic acids is 1. The van der Waals surface area contributed by atoms with Crippen molar-refractivity contribution in [2.45, 2.75) is 26.3 Å². The summed E-state index contributed by atoms with van der Waals surface area (Å²) in [5.41, 5.74) is 2.10. The van der Waals surface area contributed by atoms with Crippen molar-refractivity contribution in [3.63, 3.8) is 0 Å². The first-order valence-electron chi connectivity index (χ1n) is 7.55. The SMILES string of the molecule is CCN1CCC(N(CC)C(=O)c2cncc3[nH]cnc23)C1. The molecule has 1 aliphatic heterocycles. The van der Waals surface area contributed by atoms with Crippen LogP contribution in [0.3, 0.4) is 0 Å². The number of aromatic nitrogens is 3. The highest BCUT2D eigenvalue weighted by molar-refractivity contribution is 6.04. The molecular weight excluding hydrogens is 266 g/mol. The highest BCUT2D eigenvalue weighted by atomic mass is 16.2. The molecule has 3 heterocycles. The van der Waals surface area contributed by atoms with Gasteiger partial charge in [0.05, 0.1) is 23.6 Å². The van der Waals surface area contributed by atoms with E-state index in [-0.39, 0.29) is 11.9 Å². The summed E-state index contributed by atoms with van der Waals surface area (Å²) in [4.78, 5) is 28.6. The zero-order valence-corrected chi connectivity index (χ0v) is 12.5. The molecule has 0 aliphatic carbocycles. The van der Waals surface area contributed by atoms with Gasteiger partial charge in [0.25, 0.3) is 5.91 Å². The lowest BCUT2D eigenvalue weighted by Gasteiger charge is -2.28. The monoisotopic (exact) mass is 287 g/mol. The molecule has 21 heavy (non-hydrogen) atoms. The van der Waals surface area contributed by atoms with Crippen LogP contribution < -0.4 is 0 Å². The minimum atomic E-state index is 0.0330. The molecule has 1 atom stereocenters. The van der Waals surface area contributed by atoms with Crippen molar-refractivity contribution in [3.8, 4) is 0 Å². The molecule has 0 saturated carbocycles. The Kier molecular flexibility index (Phi) is 3.88. The highest BCUT2D eigenvalue weighted by Crippen LogP contribution is 2.20. The molecule has 1 fully saturated rings. The average Bonchev–Trinajstić information content (AvgIpc) is 3.16. The van der Waals surface area contributed by atoms with E-state index in [2.05, 4.69) is 26.8 Å². The Balaban J connectivity index is 1.87. The molecule has 0 radical (unpaired) electrons. The van der Waals surface area contributed by atoms with Crippen molar-refractivity contribution in [2.24, 2.45) is 0 Å². The van der Waals surface area contributed by atoms with Gasteiger partial charge in [-0.3, -0.25) is 9.78 Å². The number of likely N-dealkylation sites (N-methyl/N-ethyl adjacent to an activating group) is 2. The Morgan fingerprint density at radius 1 is 1.48 bits per heavy atom. The van der Waals surface area contributed by atoms with Crippen molar-refractivity contribution in [3.05, 3.63) is 24.3 Å². The maximum Gasteiger partial charge on any atom is 0.257 e. The summed E-state index contributed by atoms with van der Waals surface area (Å²) in [7, 11) is 0. The van der Waals surface area contributed by atoms with Gasteiger partial charge in [0.15, 0.2) is 0 Å². The van der Waals surface area contributed by atoms with E-state index in [9.17, 15) is 4.79 Å². The van der Waals surface area contributed by atoms with Crippen LogP contribution in [-0.2, 0) is 0 Å². The number of H-pyrrole nitrogens is 1. The zero-order chi connectivity index (χ0) is 14.8. The number of rotatable bonds is 4. The fraction of sp³-hybridized carbons (Fsp3) is 0.533. The Hall–Kier alpha value is -1.95. The number of nitrogens with one attached hydrogen (secondary N) is 1. The van der Waals surface area contributed by atoms with Crippen LogP contribution in [-0.4, -0.2) is 62.9 Å². The first kappa shape index (κ1) is 14.0. The number of amides is 1. The van der Waals surface area contributed by atoms with Gasteiger partial charge in [0.1, 0.15) is 5.52 Å². The Bertz CT molecular complexity index is 638. The molecule has 2 aromatic rings. The second kappa shape index (κ2) is 5.81. The molecule has 1 aliphatic rings. The van der Waals surface area contributed by atoms with Crippen LogP contribution in [0, 0.1) is 0 Å². The number of aromatic amines is 1. The summed E-state index contributed by atoms with van der Waals surface area (Å²) in [6, 6.07) is 0.289. The molecule has 0 spiro atoms. The lowest BCUT2D eigenvalue weighted by molar-refractivity contribution is 0.0696. The number of nitrogens with zero attached hydrogens (tertiary/aromatic N) is 4. The molecule has 2 aromatic heterocycles. The first-order valence-corrected chi connectivity index (χ1v) is 7.55. The van der Waals surface area contributed by atoms with E-state index in [0.717, 1.165) is 31.6 Å². The molecule has 6 nitrogen and oxygen atoms in total. The molecule has 1 N–H and O–H groups in total. The van der Waals surface area contributed by atoms with Crippen molar-refractivity contribution < 1.29 is 4.79 Å². The smallest absolute Gasteiger partial charge is 0.257 e. The zero-order valence-electron chi connectivity index (χ0n) is 12.5. The van der Waals surface area contributed by atoms with Gasteiger partial charge in [-0.1, -0.05) is 6.92 Å². The fourth-order valence-corrected chi connectivity index (χ4v) is 3.10. The third kappa shape index (κ3) is 2.51. The van der Waals surface area contributed by atoms with Crippen LogP contribution >= 0.6 is 0 Å². The lowest BCUT2D eigenvalue weighted by atomic mass is 10.1. The van der Waals surface area contributed by atoms with Gasteiger partial charge >= 0.3 is 0 Å². The van der Waals surface area contributed by atoms with E-state index in [4.69, 9.17) is 0 Å². The molecule has 1 amide bonds. The Labute approximate surface area is 124 Å². The van der Waals surface area contributed by atoms with E-state index in [1.165, 1.54) is 0 Å². The minimum Gasteiger partial charge on any atom is -0.343 e.